The summed E-state index contributed by atoms with van der Waals surface area (Å²) in [6.45, 7) is 5.13. The molecule has 0 saturated carbocycles. The van der Waals surface area contributed by atoms with Crippen molar-refractivity contribution in [3.05, 3.63) is 59.5 Å². The highest BCUT2D eigenvalue weighted by molar-refractivity contribution is 7.98. The van der Waals surface area contributed by atoms with Gasteiger partial charge in [0.2, 0.25) is 17.6 Å². The Hall–Kier alpha value is -3.04. The molecular formula is C28H36N4O4S. The summed E-state index contributed by atoms with van der Waals surface area (Å²) in [6.07, 6.45) is 2.66. The molecule has 0 unspecified atom stereocenters. The lowest BCUT2D eigenvalue weighted by Crippen LogP contribution is -2.40. The number of aryl methyl sites for hydroxylation is 1. The molecule has 0 radical (unpaired) electrons. The maximum absolute atomic E-state index is 12.6. The van der Waals surface area contributed by atoms with E-state index in [1.807, 2.05) is 30.0 Å². The van der Waals surface area contributed by atoms with E-state index in [1.165, 1.54) is 11.1 Å². The van der Waals surface area contributed by atoms with Gasteiger partial charge in [-0.25, -0.2) is 0 Å². The molecule has 2 aromatic carbocycles. The summed E-state index contributed by atoms with van der Waals surface area (Å²) < 4.78 is 16.1. The number of benzene rings is 2. The summed E-state index contributed by atoms with van der Waals surface area (Å²) in [5.41, 5.74) is 3.53. The van der Waals surface area contributed by atoms with Crippen LogP contribution >= 0.6 is 11.8 Å². The van der Waals surface area contributed by atoms with E-state index in [9.17, 15) is 4.79 Å². The summed E-state index contributed by atoms with van der Waals surface area (Å²) in [6, 6.07) is 14.0. The van der Waals surface area contributed by atoms with Crippen molar-refractivity contribution < 1.29 is 18.8 Å². The lowest BCUT2D eigenvalue weighted by atomic mass is 9.96. The van der Waals surface area contributed by atoms with E-state index in [1.54, 1.807) is 14.2 Å². The average Bonchev–Trinajstić information content (AvgIpc) is 3.39. The van der Waals surface area contributed by atoms with E-state index < -0.39 is 0 Å². The van der Waals surface area contributed by atoms with Crippen LogP contribution < -0.4 is 14.8 Å². The first kappa shape index (κ1) is 27.0. The summed E-state index contributed by atoms with van der Waals surface area (Å²) in [7, 11) is 3.20. The standard InChI is InChI=1S/C28H36N4O4S/c1-20-7-4-5-8-23(20)19-37-16-6-13-29-28(33)21-11-14-32(15-12-21)18-26-30-27(31-36-26)22-9-10-24(34-2)25(17-22)35-3/h4-5,7-10,17,21H,6,11-16,18-19H2,1-3H3,(H,29,33). The average molecular weight is 525 g/mol. The summed E-state index contributed by atoms with van der Waals surface area (Å²) in [4.78, 5) is 19.4. The number of ether oxygens (including phenoxy) is 2. The van der Waals surface area contributed by atoms with E-state index in [0.29, 0.717) is 29.8 Å². The van der Waals surface area contributed by atoms with Crippen LogP contribution in [0.25, 0.3) is 11.4 Å². The molecule has 9 heteroatoms. The Morgan fingerprint density at radius 3 is 2.68 bits per heavy atom. The predicted molar refractivity (Wildman–Crippen MR) is 146 cm³/mol. The molecule has 2 heterocycles. The van der Waals surface area contributed by atoms with Crippen molar-refractivity contribution in [1.82, 2.24) is 20.4 Å². The van der Waals surface area contributed by atoms with Crippen molar-refractivity contribution in [2.24, 2.45) is 5.92 Å². The van der Waals surface area contributed by atoms with Crippen LogP contribution in [-0.4, -0.2) is 60.6 Å². The number of likely N-dealkylation sites (tertiary alicyclic amines) is 1. The fraction of sp³-hybridized carbons (Fsp3) is 0.464. The minimum Gasteiger partial charge on any atom is -0.493 e. The molecule has 8 nitrogen and oxygen atoms in total. The molecule has 4 rings (SSSR count). The van der Waals surface area contributed by atoms with E-state index in [4.69, 9.17) is 14.0 Å². The molecular weight excluding hydrogens is 488 g/mol. The highest BCUT2D eigenvalue weighted by atomic mass is 32.2. The normalized spacial score (nSPS) is 14.5. The molecule has 198 valence electrons. The number of carbonyl (C=O) groups excluding carboxylic acids is 1. The third-order valence-corrected chi connectivity index (χ3v) is 7.80. The molecule has 1 amide bonds. The third-order valence-electron chi connectivity index (χ3n) is 6.71. The Balaban J connectivity index is 1.14. The van der Waals surface area contributed by atoms with Gasteiger partial charge in [-0.3, -0.25) is 9.69 Å². The van der Waals surface area contributed by atoms with Crippen molar-refractivity contribution in [2.75, 3.05) is 39.6 Å². The third kappa shape index (κ3) is 7.49. The topological polar surface area (TPSA) is 89.7 Å². The lowest BCUT2D eigenvalue weighted by Gasteiger charge is -2.30. The first-order chi connectivity index (χ1) is 18.1. The number of piperidine rings is 1. The van der Waals surface area contributed by atoms with Gasteiger partial charge in [0.15, 0.2) is 11.5 Å². The van der Waals surface area contributed by atoms with Crippen molar-refractivity contribution in [2.45, 2.75) is 38.5 Å². The molecule has 37 heavy (non-hydrogen) atoms. The minimum atomic E-state index is 0.0703. The second-order valence-corrected chi connectivity index (χ2v) is 10.4. The van der Waals surface area contributed by atoms with Crippen molar-refractivity contribution >= 4 is 17.7 Å². The quantitative estimate of drug-likeness (QED) is 0.341. The number of rotatable bonds is 12. The molecule has 1 N–H and O–H groups in total. The van der Waals surface area contributed by atoms with Crippen molar-refractivity contribution in [3.63, 3.8) is 0 Å². The van der Waals surface area contributed by atoms with Crippen LogP contribution in [0, 0.1) is 12.8 Å². The van der Waals surface area contributed by atoms with E-state index in [-0.39, 0.29) is 11.8 Å². The molecule has 3 aromatic rings. The highest BCUT2D eigenvalue weighted by Gasteiger charge is 2.26. The fourth-order valence-corrected chi connectivity index (χ4v) is 5.48. The Morgan fingerprint density at radius 1 is 1.14 bits per heavy atom. The number of nitrogens with zero attached hydrogens (tertiary/aromatic N) is 3. The number of thioether (sulfide) groups is 1. The van der Waals surface area contributed by atoms with Gasteiger partial charge in [-0.1, -0.05) is 29.4 Å². The Labute approximate surface area is 223 Å². The number of hydrogen-bond acceptors (Lipinski definition) is 8. The Bertz CT molecular complexity index is 1160. The van der Waals surface area contributed by atoms with Gasteiger partial charge in [-0.05, 0) is 74.4 Å². The SMILES string of the molecule is COc1ccc(-c2noc(CN3CCC(C(=O)NCCCSCc4ccccc4C)CC3)n2)cc1OC. The maximum atomic E-state index is 12.6. The molecule has 1 aliphatic rings. The van der Waals surface area contributed by atoms with Gasteiger partial charge < -0.3 is 19.3 Å². The number of methoxy groups -OCH3 is 2. The largest absolute Gasteiger partial charge is 0.493 e. The van der Waals surface area contributed by atoms with Crippen LogP contribution in [0.2, 0.25) is 0 Å². The van der Waals surface area contributed by atoms with Crippen LogP contribution in [0.3, 0.4) is 0 Å². The van der Waals surface area contributed by atoms with Gasteiger partial charge >= 0.3 is 0 Å². The van der Waals surface area contributed by atoms with Crippen molar-refractivity contribution in [3.8, 4) is 22.9 Å². The van der Waals surface area contributed by atoms with E-state index >= 15 is 0 Å². The highest BCUT2D eigenvalue weighted by Crippen LogP contribution is 2.31. The molecule has 0 bridgehead atoms. The van der Waals surface area contributed by atoms with Gasteiger partial charge in [0.1, 0.15) is 0 Å². The first-order valence-corrected chi connectivity index (χ1v) is 13.9. The summed E-state index contributed by atoms with van der Waals surface area (Å²) in [5.74, 6) is 4.67. The van der Waals surface area contributed by atoms with Crippen LogP contribution in [-0.2, 0) is 17.1 Å². The molecule has 1 fully saturated rings. The maximum Gasteiger partial charge on any atom is 0.241 e. The van der Waals surface area contributed by atoms with Gasteiger partial charge in [0.25, 0.3) is 0 Å². The molecule has 1 saturated heterocycles. The second kappa shape index (κ2) is 13.5. The van der Waals surface area contributed by atoms with Crippen LogP contribution in [0.5, 0.6) is 11.5 Å². The zero-order valence-corrected chi connectivity index (χ0v) is 22.7. The van der Waals surface area contributed by atoms with Gasteiger partial charge in [-0.2, -0.15) is 16.7 Å². The number of amides is 1. The molecule has 1 aliphatic heterocycles. The minimum absolute atomic E-state index is 0.0703. The summed E-state index contributed by atoms with van der Waals surface area (Å²) >= 11 is 1.92. The van der Waals surface area contributed by atoms with Crippen LogP contribution in [0.15, 0.2) is 47.0 Å². The fourth-order valence-electron chi connectivity index (χ4n) is 4.44. The van der Waals surface area contributed by atoms with Gasteiger partial charge in [-0.15, -0.1) is 0 Å². The number of carbonyl (C=O) groups is 1. The second-order valence-electron chi connectivity index (χ2n) is 9.26. The monoisotopic (exact) mass is 524 g/mol. The molecule has 0 spiro atoms. The number of aromatic nitrogens is 2. The lowest BCUT2D eigenvalue weighted by molar-refractivity contribution is -0.126. The number of nitrogens with one attached hydrogen (secondary N) is 1. The zero-order valence-electron chi connectivity index (χ0n) is 21.9. The summed E-state index contributed by atoms with van der Waals surface area (Å²) in [5, 5.41) is 7.26. The Kier molecular flexibility index (Phi) is 9.85. The van der Waals surface area contributed by atoms with E-state index in [2.05, 4.69) is 51.5 Å². The molecule has 0 aliphatic carbocycles. The van der Waals surface area contributed by atoms with E-state index in [0.717, 1.165) is 56.0 Å². The Morgan fingerprint density at radius 2 is 1.92 bits per heavy atom. The van der Waals surface area contributed by atoms with Crippen LogP contribution in [0.1, 0.15) is 36.3 Å². The smallest absolute Gasteiger partial charge is 0.241 e. The molecule has 0 atom stereocenters. The first-order valence-electron chi connectivity index (χ1n) is 12.7. The predicted octanol–water partition coefficient (Wildman–Crippen LogP) is 4.71. The zero-order chi connectivity index (χ0) is 26.0. The van der Waals surface area contributed by atoms with Gasteiger partial charge in [0.05, 0.1) is 20.8 Å². The number of hydrogen-bond donors (Lipinski definition) is 1. The van der Waals surface area contributed by atoms with Gasteiger partial charge in [0, 0.05) is 23.8 Å². The van der Waals surface area contributed by atoms with Crippen LogP contribution in [0.4, 0.5) is 0 Å². The molecule has 1 aromatic heterocycles. The van der Waals surface area contributed by atoms with Crippen molar-refractivity contribution in [1.29, 1.82) is 0 Å².